The van der Waals surface area contributed by atoms with Crippen LogP contribution >= 0.6 is 0 Å². The van der Waals surface area contributed by atoms with E-state index in [1.165, 1.54) is 5.56 Å². The van der Waals surface area contributed by atoms with E-state index in [1.807, 2.05) is 25.1 Å². The molecule has 0 aliphatic carbocycles. The minimum atomic E-state index is 0.0809. The number of benzene rings is 1. The van der Waals surface area contributed by atoms with Crippen molar-refractivity contribution in [2.75, 3.05) is 19.8 Å². The molecule has 0 heterocycles. The van der Waals surface area contributed by atoms with Crippen LogP contribution in [0.25, 0.3) is 0 Å². The fourth-order valence-corrected chi connectivity index (χ4v) is 1.52. The average molecular weight is 209 g/mol. The summed E-state index contributed by atoms with van der Waals surface area (Å²) in [6.45, 7) is 3.56. The van der Waals surface area contributed by atoms with Gasteiger partial charge >= 0.3 is 0 Å². The molecule has 15 heavy (non-hydrogen) atoms. The SMILES string of the molecule is CC(CO)N(CCO)Cc1ccccc1. The number of rotatable bonds is 6. The highest BCUT2D eigenvalue weighted by molar-refractivity contribution is 5.14. The van der Waals surface area contributed by atoms with Crippen molar-refractivity contribution in [3.63, 3.8) is 0 Å². The predicted octanol–water partition coefficient (Wildman–Crippen LogP) is 0.862. The second kappa shape index (κ2) is 6.56. The number of aliphatic hydroxyl groups excluding tert-OH is 2. The maximum atomic E-state index is 9.09. The maximum Gasteiger partial charge on any atom is 0.0584 e. The molecule has 1 aromatic rings. The fourth-order valence-electron chi connectivity index (χ4n) is 1.52. The third-order valence-electron chi connectivity index (χ3n) is 2.50. The van der Waals surface area contributed by atoms with Crippen molar-refractivity contribution in [3.05, 3.63) is 35.9 Å². The molecule has 2 N–H and O–H groups in total. The van der Waals surface area contributed by atoms with Crippen molar-refractivity contribution in [1.29, 1.82) is 0 Å². The average Bonchev–Trinajstić information content (AvgIpc) is 2.29. The summed E-state index contributed by atoms with van der Waals surface area (Å²) >= 11 is 0. The molecule has 0 fully saturated rings. The molecule has 3 nitrogen and oxygen atoms in total. The summed E-state index contributed by atoms with van der Waals surface area (Å²) < 4.78 is 0. The van der Waals surface area contributed by atoms with E-state index in [2.05, 4.69) is 17.0 Å². The van der Waals surface area contributed by atoms with Gasteiger partial charge in [0.05, 0.1) is 13.2 Å². The maximum absolute atomic E-state index is 9.09. The highest BCUT2D eigenvalue weighted by Gasteiger charge is 2.12. The lowest BCUT2D eigenvalue weighted by Gasteiger charge is -2.26. The lowest BCUT2D eigenvalue weighted by Crippen LogP contribution is -2.37. The molecule has 1 unspecified atom stereocenters. The van der Waals surface area contributed by atoms with E-state index >= 15 is 0 Å². The molecule has 3 heteroatoms. The van der Waals surface area contributed by atoms with Crippen LogP contribution in [0.3, 0.4) is 0 Å². The Morgan fingerprint density at radius 1 is 1.20 bits per heavy atom. The van der Waals surface area contributed by atoms with Crippen molar-refractivity contribution >= 4 is 0 Å². The molecule has 1 rings (SSSR count). The predicted molar refractivity (Wildman–Crippen MR) is 60.5 cm³/mol. The highest BCUT2D eigenvalue weighted by atomic mass is 16.3. The van der Waals surface area contributed by atoms with Gasteiger partial charge in [-0.05, 0) is 12.5 Å². The van der Waals surface area contributed by atoms with Gasteiger partial charge in [-0.2, -0.15) is 0 Å². The van der Waals surface area contributed by atoms with Gasteiger partial charge in [-0.3, -0.25) is 4.90 Å². The second-order valence-electron chi connectivity index (χ2n) is 3.71. The summed E-state index contributed by atoms with van der Waals surface area (Å²) in [6.07, 6.45) is 0. The third kappa shape index (κ3) is 4.00. The van der Waals surface area contributed by atoms with E-state index < -0.39 is 0 Å². The van der Waals surface area contributed by atoms with E-state index in [0.717, 1.165) is 6.54 Å². The molecule has 1 atom stereocenters. The lowest BCUT2D eigenvalue weighted by atomic mass is 10.2. The number of hydrogen-bond acceptors (Lipinski definition) is 3. The zero-order valence-corrected chi connectivity index (χ0v) is 9.13. The van der Waals surface area contributed by atoms with Gasteiger partial charge in [0.1, 0.15) is 0 Å². The summed E-state index contributed by atoms with van der Waals surface area (Å²) in [5.74, 6) is 0. The Hall–Kier alpha value is -0.900. The second-order valence-corrected chi connectivity index (χ2v) is 3.71. The molecule has 0 bridgehead atoms. The van der Waals surface area contributed by atoms with Crippen LogP contribution in [-0.2, 0) is 6.54 Å². The Bertz CT molecular complexity index is 264. The summed E-state index contributed by atoms with van der Waals surface area (Å²) in [7, 11) is 0. The van der Waals surface area contributed by atoms with Gasteiger partial charge in [0.2, 0.25) is 0 Å². The van der Waals surface area contributed by atoms with Crippen molar-refractivity contribution in [3.8, 4) is 0 Å². The minimum absolute atomic E-state index is 0.0809. The van der Waals surface area contributed by atoms with Gasteiger partial charge in [0, 0.05) is 19.1 Å². The zero-order valence-electron chi connectivity index (χ0n) is 9.13. The smallest absolute Gasteiger partial charge is 0.0584 e. The first-order valence-corrected chi connectivity index (χ1v) is 5.27. The standard InChI is InChI=1S/C12H19NO2/c1-11(10-15)13(7-8-14)9-12-5-3-2-4-6-12/h2-6,11,14-15H,7-10H2,1H3. The van der Waals surface area contributed by atoms with Crippen LogP contribution in [0.15, 0.2) is 30.3 Å². The molecule has 0 radical (unpaired) electrons. The van der Waals surface area contributed by atoms with Crippen molar-refractivity contribution in [2.45, 2.75) is 19.5 Å². The van der Waals surface area contributed by atoms with Gasteiger partial charge in [-0.25, -0.2) is 0 Å². The van der Waals surface area contributed by atoms with Gasteiger partial charge in [0.15, 0.2) is 0 Å². The molecule has 0 aliphatic heterocycles. The monoisotopic (exact) mass is 209 g/mol. The molecule has 1 aromatic carbocycles. The van der Waals surface area contributed by atoms with Crippen LogP contribution in [0.2, 0.25) is 0 Å². The number of hydrogen-bond donors (Lipinski definition) is 2. The molecule has 0 aliphatic rings. The lowest BCUT2D eigenvalue weighted by molar-refractivity contribution is 0.105. The third-order valence-corrected chi connectivity index (χ3v) is 2.50. The molecule has 84 valence electrons. The molecule has 0 aromatic heterocycles. The van der Waals surface area contributed by atoms with Crippen molar-refractivity contribution < 1.29 is 10.2 Å². The Morgan fingerprint density at radius 2 is 1.87 bits per heavy atom. The topological polar surface area (TPSA) is 43.7 Å². The quantitative estimate of drug-likeness (QED) is 0.730. The van der Waals surface area contributed by atoms with Crippen LogP contribution in [0.5, 0.6) is 0 Å². The van der Waals surface area contributed by atoms with Gasteiger partial charge < -0.3 is 10.2 Å². The Kier molecular flexibility index (Phi) is 5.32. The zero-order chi connectivity index (χ0) is 11.1. The summed E-state index contributed by atoms with van der Waals surface area (Å²) in [6, 6.07) is 10.2. The Morgan fingerprint density at radius 3 is 2.40 bits per heavy atom. The van der Waals surface area contributed by atoms with Gasteiger partial charge in [-0.1, -0.05) is 30.3 Å². The van der Waals surface area contributed by atoms with Crippen molar-refractivity contribution in [2.24, 2.45) is 0 Å². The fraction of sp³-hybridized carbons (Fsp3) is 0.500. The van der Waals surface area contributed by atoms with Crippen LogP contribution < -0.4 is 0 Å². The van der Waals surface area contributed by atoms with Crippen molar-refractivity contribution in [1.82, 2.24) is 4.90 Å². The van der Waals surface area contributed by atoms with Gasteiger partial charge in [-0.15, -0.1) is 0 Å². The molecule has 0 saturated heterocycles. The first kappa shape index (κ1) is 12.2. The van der Waals surface area contributed by atoms with Crippen LogP contribution in [0.4, 0.5) is 0 Å². The Labute approximate surface area is 91.0 Å². The largest absolute Gasteiger partial charge is 0.395 e. The first-order valence-electron chi connectivity index (χ1n) is 5.27. The minimum Gasteiger partial charge on any atom is -0.395 e. The highest BCUT2D eigenvalue weighted by Crippen LogP contribution is 2.07. The normalized spacial score (nSPS) is 13.1. The van der Waals surface area contributed by atoms with E-state index in [-0.39, 0.29) is 19.3 Å². The van der Waals surface area contributed by atoms with E-state index in [1.54, 1.807) is 0 Å². The summed E-state index contributed by atoms with van der Waals surface area (Å²) in [5.41, 5.74) is 1.20. The summed E-state index contributed by atoms with van der Waals surface area (Å²) in [4.78, 5) is 2.06. The van der Waals surface area contributed by atoms with Crippen LogP contribution in [0, 0.1) is 0 Å². The van der Waals surface area contributed by atoms with Gasteiger partial charge in [0.25, 0.3) is 0 Å². The van der Waals surface area contributed by atoms with E-state index in [4.69, 9.17) is 10.2 Å². The van der Waals surface area contributed by atoms with Crippen LogP contribution in [0.1, 0.15) is 12.5 Å². The molecule has 0 spiro atoms. The van der Waals surface area contributed by atoms with E-state index in [0.29, 0.717) is 6.54 Å². The molecular formula is C12H19NO2. The molecular weight excluding hydrogens is 190 g/mol. The Balaban J connectivity index is 2.58. The number of aliphatic hydroxyl groups is 2. The number of nitrogens with zero attached hydrogens (tertiary/aromatic N) is 1. The summed E-state index contributed by atoms with van der Waals surface area (Å²) in [5, 5.41) is 18.0. The first-order chi connectivity index (χ1) is 7.27. The van der Waals surface area contributed by atoms with Crippen LogP contribution in [-0.4, -0.2) is 40.9 Å². The van der Waals surface area contributed by atoms with E-state index in [9.17, 15) is 0 Å². The molecule has 0 amide bonds. The molecule has 0 saturated carbocycles.